The average molecular weight is 533 g/mol. The Hall–Kier alpha value is -0.540. The highest BCUT2D eigenvalue weighted by molar-refractivity contribution is 9.10. The molecule has 1 aromatic carbocycles. The quantitative estimate of drug-likeness (QED) is 0.282. The molecule has 1 saturated heterocycles. The third kappa shape index (κ3) is 8.19. The Morgan fingerprint density at radius 3 is 2.60 bits per heavy atom. The standard InChI is InChI=1S/C21H28BrCl2N5S/c22-18-5-7-21(25-15-18)29(16-17-4-6-19(23)20(24)14-17)12-3-8-26-30-27-9-13-28-10-1-2-11-28/h4-7,14-15,26-27H,1-3,8-13,16H2. The second-order valence-electron chi connectivity index (χ2n) is 7.30. The topological polar surface area (TPSA) is 43.4 Å². The van der Waals surface area contributed by atoms with E-state index >= 15 is 0 Å². The van der Waals surface area contributed by atoms with Gasteiger partial charge in [-0.25, -0.2) is 9.71 Å². The van der Waals surface area contributed by atoms with E-state index in [4.69, 9.17) is 23.2 Å². The van der Waals surface area contributed by atoms with Crippen LogP contribution in [0.5, 0.6) is 0 Å². The van der Waals surface area contributed by atoms with Crippen LogP contribution in [0.15, 0.2) is 41.0 Å². The van der Waals surface area contributed by atoms with Crippen LogP contribution in [-0.4, -0.2) is 49.2 Å². The summed E-state index contributed by atoms with van der Waals surface area (Å²) < 4.78 is 7.77. The van der Waals surface area contributed by atoms with Gasteiger partial charge >= 0.3 is 0 Å². The molecule has 2 N–H and O–H groups in total. The minimum Gasteiger partial charge on any atom is -0.352 e. The Labute approximate surface area is 202 Å². The summed E-state index contributed by atoms with van der Waals surface area (Å²) in [4.78, 5) is 9.35. The fourth-order valence-electron chi connectivity index (χ4n) is 3.39. The molecule has 0 aliphatic carbocycles. The van der Waals surface area contributed by atoms with E-state index in [1.54, 1.807) is 12.1 Å². The number of hydrogen-bond donors (Lipinski definition) is 2. The summed E-state index contributed by atoms with van der Waals surface area (Å²) >= 11 is 17.3. The Morgan fingerprint density at radius 2 is 1.87 bits per heavy atom. The molecule has 2 heterocycles. The van der Waals surface area contributed by atoms with Gasteiger partial charge in [-0.1, -0.05) is 29.3 Å². The van der Waals surface area contributed by atoms with Gasteiger partial charge in [0, 0.05) is 55.5 Å². The fourth-order valence-corrected chi connectivity index (χ4v) is 4.49. The van der Waals surface area contributed by atoms with Crippen molar-refractivity contribution in [3.63, 3.8) is 0 Å². The summed E-state index contributed by atoms with van der Waals surface area (Å²) in [6.07, 6.45) is 5.52. The Kier molecular flexibility index (Phi) is 10.5. The van der Waals surface area contributed by atoms with Gasteiger partial charge in [0.1, 0.15) is 5.82 Å². The molecule has 0 unspecified atom stereocenters. The minimum absolute atomic E-state index is 0.576. The van der Waals surface area contributed by atoms with E-state index in [2.05, 4.69) is 40.2 Å². The maximum Gasteiger partial charge on any atom is 0.128 e. The van der Waals surface area contributed by atoms with Gasteiger partial charge in [0.25, 0.3) is 0 Å². The minimum atomic E-state index is 0.576. The van der Waals surface area contributed by atoms with Gasteiger partial charge < -0.3 is 9.80 Å². The lowest BCUT2D eigenvalue weighted by Gasteiger charge is -2.24. The third-order valence-corrected chi connectivity index (χ3v) is 6.88. The third-order valence-electron chi connectivity index (χ3n) is 4.97. The molecule has 0 atom stereocenters. The van der Waals surface area contributed by atoms with Gasteiger partial charge in [-0.3, -0.25) is 4.72 Å². The molecule has 0 saturated carbocycles. The van der Waals surface area contributed by atoms with Crippen LogP contribution in [0.2, 0.25) is 10.0 Å². The zero-order valence-electron chi connectivity index (χ0n) is 16.9. The van der Waals surface area contributed by atoms with Gasteiger partial charge in [0.15, 0.2) is 0 Å². The van der Waals surface area contributed by atoms with Crippen molar-refractivity contribution >= 4 is 57.1 Å². The van der Waals surface area contributed by atoms with Crippen LogP contribution in [-0.2, 0) is 6.54 Å². The van der Waals surface area contributed by atoms with Crippen molar-refractivity contribution in [2.24, 2.45) is 0 Å². The fraction of sp³-hybridized carbons (Fsp3) is 0.476. The molecule has 3 rings (SSSR count). The van der Waals surface area contributed by atoms with Crippen LogP contribution in [0, 0.1) is 0 Å². The molecule has 0 radical (unpaired) electrons. The van der Waals surface area contributed by atoms with Crippen LogP contribution in [0.1, 0.15) is 24.8 Å². The number of nitrogens with zero attached hydrogens (tertiary/aromatic N) is 3. The summed E-state index contributed by atoms with van der Waals surface area (Å²) in [7, 11) is 0. The maximum atomic E-state index is 6.20. The van der Waals surface area contributed by atoms with E-state index < -0.39 is 0 Å². The van der Waals surface area contributed by atoms with Crippen LogP contribution in [0.4, 0.5) is 5.82 Å². The highest BCUT2D eigenvalue weighted by Crippen LogP contribution is 2.24. The summed E-state index contributed by atoms with van der Waals surface area (Å²) in [5.74, 6) is 0.945. The Balaban J connectivity index is 1.42. The summed E-state index contributed by atoms with van der Waals surface area (Å²) in [6, 6.07) is 9.83. The number of rotatable bonds is 12. The van der Waals surface area contributed by atoms with E-state index in [9.17, 15) is 0 Å². The average Bonchev–Trinajstić information content (AvgIpc) is 3.26. The predicted molar refractivity (Wildman–Crippen MR) is 133 cm³/mol. The molecule has 164 valence electrons. The van der Waals surface area contributed by atoms with E-state index in [-0.39, 0.29) is 0 Å². The molecule has 1 aliphatic rings. The van der Waals surface area contributed by atoms with Crippen molar-refractivity contribution in [2.75, 3.05) is 44.2 Å². The van der Waals surface area contributed by atoms with Gasteiger partial charge in [-0.15, -0.1) is 0 Å². The molecular formula is C21H28BrCl2N5S. The van der Waals surface area contributed by atoms with E-state index in [0.29, 0.717) is 10.0 Å². The molecule has 9 heteroatoms. The largest absolute Gasteiger partial charge is 0.352 e. The number of nitrogens with one attached hydrogen (secondary N) is 2. The first-order valence-corrected chi connectivity index (χ1v) is 12.6. The SMILES string of the molecule is Clc1ccc(CN(CCCNSNCCN2CCCC2)c2ccc(Br)cn2)cc1Cl. The lowest BCUT2D eigenvalue weighted by Crippen LogP contribution is -2.29. The number of pyridine rings is 1. The van der Waals surface area contributed by atoms with Gasteiger partial charge in [0.05, 0.1) is 10.0 Å². The van der Waals surface area contributed by atoms with Crippen molar-refractivity contribution in [2.45, 2.75) is 25.8 Å². The summed E-state index contributed by atoms with van der Waals surface area (Å²) in [6.45, 7) is 7.15. The predicted octanol–water partition coefficient (Wildman–Crippen LogP) is 5.39. The van der Waals surface area contributed by atoms with Crippen molar-refractivity contribution in [3.8, 4) is 0 Å². The van der Waals surface area contributed by atoms with Crippen molar-refractivity contribution in [1.29, 1.82) is 0 Å². The molecule has 2 aromatic rings. The van der Waals surface area contributed by atoms with E-state index in [1.807, 2.05) is 36.5 Å². The highest BCUT2D eigenvalue weighted by Gasteiger charge is 2.11. The first-order valence-electron chi connectivity index (χ1n) is 10.3. The second-order valence-corrected chi connectivity index (χ2v) is 9.81. The summed E-state index contributed by atoms with van der Waals surface area (Å²) in [5, 5.41) is 1.16. The van der Waals surface area contributed by atoms with Crippen molar-refractivity contribution in [1.82, 2.24) is 19.3 Å². The molecule has 1 aliphatic heterocycles. The number of aromatic nitrogens is 1. The highest BCUT2D eigenvalue weighted by atomic mass is 79.9. The van der Waals surface area contributed by atoms with Gasteiger partial charge in [-0.2, -0.15) is 0 Å². The van der Waals surface area contributed by atoms with Crippen LogP contribution in [0.25, 0.3) is 0 Å². The van der Waals surface area contributed by atoms with Gasteiger partial charge in [0.2, 0.25) is 0 Å². The second kappa shape index (κ2) is 13.1. The molecule has 0 bridgehead atoms. The smallest absolute Gasteiger partial charge is 0.128 e. The monoisotopic (exact) mass is 531 g/mol. The number of halogens is 3. The van der Waals surface area contributed by atoms with Crippen LogP contribution < -0.4 is 14.3 Å². The first kappa shape index (κ1) is 24.1. The number of likely N-dealkylation sites (tertiary alicyclic amines) is 1. The normalized spacial score (nSPS) is 14.4. The number of hydrogen-bond acceptors (Lipinski definition) is 6. The Morgan fingerprint density at radius 1 is 1.07 bits per heavy atom. The molecule has 30 heavy (non-hydrogen) atoms. The summed E-state index contributed by atoms with van der Waals surface area (Å²) in [5.41, 5.74) is 1.11. The number of anilines is 1. The van der Waals surface area contributed by atoms with Crippen LogP contribution >= 0.6 is 51.3 Å². The molecular weight excluding hydrogens is 505 g/mol. The molecule has 1 fully saturated rings. The van der Waals surface area contributed by atoms with Crippen molar-refractivity contribution in [3.05, 3.63) is 56.6 Å². The Bertz CT molecular complexity index is 774. The maximum absolute atomic E-state index is 6.20. The molecule has 0 amide bonds. The van der Waals surface area contributed by atoms with Gasteiger partial charge in [-0.05, 0) is 78.1 Å². The molecule has 1 aromatic heterocycles. The first-order chi connectivity index (χ1) is 14.6. The van der Waals surface area contributed by atoms with Crippen LogP contribution in [0.3, 0.4) is 0 Å². The van der Waals surface area contributed by atoms with Crippen molar-refractivity contribution < 1.29 is 0 Å². The zero-order valence-corrected chi connectivity index (χ0v) is 20.8. The molecule has 5 nitrogen and oxygen atoms in total. The lowest BCUT2D eigenvalue weighted by atomic mass is 10.2. The number of benzene rings is 1. The van der Waals surface area contributed by atoms with E-state index in [1.165, 1.54) is 25.9 Å². The van der Waals surface area contributed by atoms with E-state index in [0.717, 1.165) is 55.0 Å². The molecule has 0 spiro atoms. The lowest BCUT2D eigenvalue weighted by molar-refractivity contribution is 0.345. The zero-order chi connectivity index (χ0) is 21.2.